The van der Waals surface area contributed by atoms with E-state index < -0.39 is 6.10 Å². The van der Waals surface area contributed by atoms with Crippen LogP contribution in [-0.4, -0.2) is 26.1 Å². The van der Waals surface area contributed by atoms with E-state index in [4.69, 9.17) is 19.9 Å². The maximum atomic E-state index is 12.9. The number of ether oxygens (including phenoxy) is 3. The highest BCUT2D eigenvalue weighted by molar-refractivity contribution is 6.02. The van der Waals surface area contributed by atoms with E-state index in [0.29, 0.717) is 34.9 Å². The van der Waals surface area contributed by atoms with Gasteiger partial charge in [0.15, 0.2) is 6.10 Å². The number of nitrogen functional groups attached to an aromatic ring is 1. The quantitative estimate of drug-likeness (QED) is 0.590. The highest BCUT2D eigenvalue weighted by atomic mass is 16.5. The molecular formula is C19H23NO4. The molecule has 0 spiro atoms. The second kappa shape index (κ2) is 8.24. The first-order valence-electron chi connectivity index (χ1n) is 7.87. The Balaban J connectivity index is 2.28. The summed E-state index contributed by atoms with van der Waals surface area (Å²) >= 11 is 0. The van der Waals surface area contributed by atoms with Gasteiger partial charge in [-0.25, -0.2) is 0 Å². The third kappa shape index (κ3) is 4.19. The van der Waals surface area contributed by atoms with Crippen LogP contribution >= 0.6 is 0 Å². The van der Waals surface area contributed by atoms with Crippen molar-refractivity contribution in [3.05, 3.63) is 48.0 Å². The van der Waals surface area contributed by atoms with E-state index in [-0.39, 0.29) is 5.78 Å². The van der Waals surface area contributed by atoms with Crippen molar-refractivity contribution in [3.63, 3.8) is 0 Å². The van der Waals surface area contributed by atoms with E-state index in [0.717, 1.165) is 6.42 Å². The van der Waals surface area contributed by atoms with Gasteiger partial charge in [0.05, 0.1) is 19.8 Å². The molecule has 0 amide bonds. The van der Waals surface area contributed by atoms with Gasteiger partial charge < -0.3 is 19.9 Å². The number of rotatable bonds is 8. The summed E-state index contributed by atoms with van der Waals surface area (Å²) in [7, 11) is 3.10. The lowest BCUT2D eigenvalue weighted by atomic mass is 10.0. The fraction of sp³-hybridized carbons (Fsp3) is 0.316. The number of nitrogens with two attached hydrogens (primary N) is 1. The molecule has 2 N–H and O–H groups in total. The van der Waals surface area contributed by atoms with Gasteiger partial charge in [-0.3, -0.25) is 4.79 Å². The molecule has 0 aliphatic carbocycles. The summed E-state index contributed by atoms with van der Waals surface area (Å²) in [6.45, 7) is 2.01. The molecule has 2 aromatic carbocycles. The number of anilines is 1. The molecular weight excluding hydrogens is 306 g/mol. The lowest BCUT2D eigenvalue weighted by Crippen LogP contribution is -2.27. The topological polar surface area (TPSA) is 70.8 Å². The second-order valence-corrected chi connectivity index (χ2v) is 5.40. The fourth-order valence-corrected chi connectivity index (χ4v) is 2.43. The third-order valence-corrected chi connectivity index (χ3v) is 3.65. The van der Waals surface area contributed by atoms with Gasteiger partial charge in [-0.1, -0.05) is 19.4 Å². The zero-order chi connectivity index (χ0) is 17.5. The van der Waals surface area contributed by atoms with Crippen LogP contribution in [0.4, 0.5) is 5.69 Å². The summed E-state index contributed by atoms with van der Waals surface area (Å²) in [5.74, 6) is 1.55. The number of ketones is 1. The van der Waals surface area contributed by atoms with Crippen LogP contribution in [0.3, 0.4) is 0 Å². The normalized spacial score (nSPS) is 11.6. The van der Waals surface area contributed by atoms with Crippen LogP contribution in [0.5, 0.6) is 17.2 Å². The van der Waals surface area contributed by atoms with Gasteiger partial charge in [0, 0.05) is 17.8 Å². The minimum Gasteiger partial charge on any atom is -0.497 e. The molecule has 0 saturated carbocycles. The SMILES string of the molecule is CCCC(Oc1cccc(N)c1)C(=O)c1ccc(OC)cc1OC. The van der Waals surface area contributed by atoms with Crippen molar-refractivity contribution in [1.82, 2.24) is 0 Å². The summed E-state index contributed by atoms with van der Waals surface area (Å²) in [5, 5.41) is 0. The molecule has 0 bridgehead atoms. The van der Waals surface area contributed by atoms with Crippen LogP contribution in [0.2, 0.25) is 0 Å². The zero-order valence-electron chi connectivity index (χ0n) is 14.2. The Morgan fingerprint density at radius 2 is 1.88 bits per heavy atom. The highest BCUT2D eigenvalue weighted by Gasteiger charge is 2.24. The first kappa shape index (κ1) is 17.7. The van der Waals surface area contributed by atoms with Crippen LogP contribution in [0.25, 0.3) is 0 Å². The number of carbonyl (C=O) groups is 1. The summed E-state index contributed by atoms with van der Waals surface area (Å²) in [6.07, 6.45) is 0.819. The average Bonchev–Trinajstić information content (AvgIpc) is 2.60. The van der Waals surface area contributed by atoms with Crippen molar-refractivity contribution in [2.75, 3.05) is 20.0 Å². The van der Waals surface area contributed by atoms with Crippen molar-refractivity contribution in [2.45, 2.75) is 25.9 Å². The molecule has 128 valence electrons. The minimum atomic E-state index is -0.598. The molecule has 5 nitrogen and oxygen atoms in total. The van der Waals surface area contributed by atoms with Gasteiger partial charge in [-0.05, 0) is 30.7 Å². The first-order valence-corrected chi connectivity index (χ1v) is 7.87. The van der Waals surface area contributed by atoms with E-state index in [1.165, 1.54) is 7.11 Å². The number of methoxy groups -OCH3 is 2. The Hall–Kier alpha value is -2.69. The molecule has 1 unspecified atom stereocenters. The zero-order valence-corrected chi connectivity index (χ0v) is 14.2. The monoisotopic (exact) mass is 329 g/mol. The molecule has 0 aliphatic rings. The van der Waals surface area contributed by atoms with Crippen LogP contribution in [0.15, 0.2) is 42.5 Å². The van der Waals surface area contributed by atoms with E-state index in [9.17, 15) is 4.79 Å². The highest BCUT2D eigenvalue weighted by Crippen LogP contribution is 2.28. The molecule has 0 aliphatic heterocycles. The number of Topliss-reactive ketones (excluding diaryl/α,β-unsaturated/α-hetero) is 1. The average molecular weight is 329 g/mol. The smallest absolute Gasteiger partial charge is 0.207 e. The Morgan fingerprint density at radius 3 is 2.50 bits per heavy atom. The van der Waals surface area contributed by atoms with Crippen molar-refractivity contribution < 1.29 is 19.0 Å². The minimum absolute atomic E-state index is 0.126. The largest absolute Gasteiger partial charge is 0.497 e. The first-order chi connectivity index (χ1) is 11.6. The molecule has 0 aromatic heterocycles. The molecule has 0 fully saturated rings. The summed E-state index contributed by atoms with van der Waals surface area (Å²) in [4.78, 5) is 12.9. The summed E-state index contributed by atoms with van der Waals surface area (Å²) in [5.41, 5.74) is 6.84. The van der Waals surface area contributed by atoms with Crippen molar-refractivity contribution in [2.24, 2.45) is 0 Å². The van der Waals surface area contributed by atoms with Gasteiger partial charge in [0.1, 0.15) is 17.2 Å². The van der Waals surface area contributed by atoms with E-state index in [2.05, 4.69) is 0 Å². The van der Waals surface area contributed by atoms with Gasteiger partial charge in [-0.15, -0.1) is 0 Å². The predicted octanol–water partition coefficient (Wildman–Crippen LogP) is 3.72. The van der Waals surface area contributed by atoms with Crippen LogP contribution in [-0.2, 0) is 0 Å². The number of hydrogen-bond donors (Lipinski definition) is 1. The lowest BCUT2D eigenvalue weighted by Gasteiger charge is -2.19. The van der Waals surface area contributed by atoms with E-state index in [1.54, 1.807) is 49.6 Å². The maximum Gasteiger partial charge on any atom is 0.207 e. The Bertz CT molecular complexity index is 700. The van der Waals surface area contributed by atoms with Crippen LogP contribution in [0.1, 0.15) is 30.1 Å². The van der Waals surface area contributed by atoms with Crippen molar-refractivity contribution in [3.8, 4) is 17.2 Å². The Labute approximate surface area is 142 Å². The molecule has 1 atom stereocenters. The number of carbonyl (C=O) groups excluding carboxylic acids is 1. The van der Waals surface area contributed by atoms with E-state index >= 15 is 0 Å². The van der Waals surface area contributed by atoms with Crippen molar-refractivity contribution in [1.29, 1.82) is 0 Å². The molecule has 5 heteroatoms. The standard InChI is InChI=1S/C19H23NO4/c1-4-6-17(24-15-8-5-7-13(20)11-15)19(21)16-10-9-14(22-2)12-18(16)23-3/h5,7-12,17H,4,6,20H2,1-3H3. The van der Waals surface area contributed by atoms with Gasteiger partial charge in [0.25, 0.3) is 0 Å². The molecule has 0 heterocycles. The Morgan fingerprint density at radius 1 is 1.08 bits per heavy atom. The molecule has 2 aromatic rings. The number of hydrogen-bond acceptors (Lipinski definition) is 5. The van der Waals surface area contributed by atoms with Crippen LogP contribution in [0, 0.1) is 0 Å². The van der Waals surface area contributed by atoms with E-state index in [1.807, 2.05) is 6.92 Å². The summed E-state index contributed by atoms with van der Waals surface area (Å²) in [6, 6.07) is 12.2. The third-order valence-electron chi connectivity index (χ3n) is 3.65. The molecule has 0 radical (unpaired) electrons. The fourth-order valence-electron chi connectivity index (χ4n) is 2.43. The number of benzene rings is 2. The molecule has 2 rings (SSSR count). The summed E-state index contributed by atoms with van der Waals surface area (Å²) < 4.78 is 16.4. The van der Waals surface area contributed by atoms with Gasteiger partial charge in [-0.2, -0.15) is 0 Å². The van der Waals surface area contributed by atoms with Crippen LogP contribution < -0.4 is 19.9 Å². The molecule has 0 saturated heterocycles. The second-order valence-electron chi connectivity index (χ2n) is 5.40. The maximum absolute atomic E-state index is 12.9. The Kier molecular flexibility index (Phi) is 6.07. The van der Waals surface area contributed by atoms with Gasteiger partial charge in [0.2, 0.25) is 5.78 Å². The molecule has 24 heavy (non-hydrogen) atoms. The van der Waals surface area contributed by atoms with Gasteiger partial charge >= 0.3 is 0 Å². The lowest BCUT2D eigenvalue weighted by molar-refractivity contribution is 0.0774. The predicted molar refractivity (Wildman–Crippen MR) is 94.1 cm³/mol. The van der Waals surface area contributed by atoms with Crippen molar-refractivity contribution >= 4 is 11.5 Å².